The summed E-state index contributed by atoms with van der Waals surface area (Å²) in [7, 11) is 0. The van der Waals surface area contributed by atoms with Crippen LogP contribution in [0.5, 0.6) is 0 Å². The number of benzene rings is 1. The summed E-state index contributed by atoms with van der Waals surface area (Å²) < 4.78 is 0.917. The van der Waals surface area contributed by atoms with Gasteiger partial charge in [-0.2, -0.15) is 0 Å². The second-order valence-corrected chi connectivity index (χ2v) is 9.44. The van der Waals surface area contributed by atoms with Gasteiger partial charge in [-0.15, -0.1) is 11.3 Å². The van der Waals surface area contributed by atoms with E-state index in [1.807, 2.05) is 12.1 Å². The molecule has 2 aromatic rings. The Morgan fingerprint density at radius 2 is 2.00 bits per heavy atom. The van der Waals surface area contributed by atoms with Gasteiger partial charge in [-0.05, 0) is 69.1 Å². The van der Waals surface area contributed by atoms with Gasteiger partial charge in [0.25, 0.3) is 0 Å². The third kappa shape index (κ3) is 2.61. The summed E-state index contributed by atoms with van der Waals surface area (Å²) in [5.74, 6) is 1.37. The Bertz CT molecular complexity index is 805. The molecule has 0 saturated carbocycles. The second-order valence-electron chi connectivity index (χ2n) is 7.60. The number of Topliss-reactive ketones (excluding diaryl/α,β-unsaturated/α-hetero) is 1. The zero-order valence-electron chi connectivity index (χ0n) is 13.9. The van der Waals surface area contributed by atoms with Crippen LogP contribution in [-0.2, 0) is 0 Å². The molecule has 3 aliphatic heterocycles. The number of hydrogen-bond donors (Lipinski definition) is 0. The van der Waals surface area contributed by atoms with Crippen LogP contribution in [0.25, 0.3) is 10.1 Å². The Kier molecular flexibility index (Phi) is 4.20. The molecular weight excluding hydrogens is 361 g/mol. The Hall–Kier alpha value is -0.610. The molecule has 3 fully saturated rings. The van der Waals surface area contributed by atoms with Gasteiger partial charge < -0.3 is 0 Å². The van der Waals surface area contributed by atoms with Crippen molar-refractivity contribution < 1.29 is 4.79 Å². The summed E-state index contributed by atoms with van der Waals surface area (Å²) >= 11 is 13.9. The molecule has 128 valence electrons. The molecule has 1 aromatic heterocycles. The van der Waals surface area contributed by atoms with E-state index in [1.165, 1.54) is 37.3 Å². The van der Waals surface area contributed by atoms with E-state index >= 15 is 0 Å². The van der Waals surface area contributed by atoms with E-state index < -0.39 is 0 Å². The average Bonchev–Trinajstić information content (AvgIpc) is 3.00. The molecule has 0 amide bonds. The maximum Gasteiger partial charge on any atom is 0.173 e. The van der Waals surface area contributed by atoms with Crippen molar-refractivity contribution in [1.82, 2.24) is 4.90 Å². The number of fused-ring (bicyclic) bond motifs is 4. The number of nitrogens with zero attached hydrogens (tertiary/aromatic N) is 1. The van der Waals surface area contributed by atoms with Crippen LogP contribution < -0.4 is 0 Å². The summed E-state index contributed by atoms with van der Waals surface area (Å²) in [5, 5.41) is 2.11. The van der Waals surface area contributed by atoms with Crippen molar-refractivity contribution in [3.63, 3.8) is 0 Å². The molecule has 4 heterocycles. The van der Waals surface area contributed by atoms with E-state index in [0.717, 1.165) is 15.0 Å². The SMILES string of the molecule is CC1(C)[C@H](CC(=O)c2cc3ccc(Cl)c(Cl)c3s2)C2CCN1CC2. The fourth-order valence-electron chi connectivity index (χ4n) is 4.59. The van der Waals surface area contributed by atoms with Crippen molar-refractivity contribution in [3.8, 4) is 0 Å². The first-order valence-electron chi connectivity index (χ1n) is 8.53. The van der Waals surface area contributed by atoms with Gasteiger partial charge >= 0.3 is 0 Å². The Morgan fingerprint density at radius 1 is 1.29 bits per heavy atom. The summed E-state index contributed by atoms with van der Waals surface area (Å²) in [5.41, 5.74) is 0.120. The van der Waals surface area contributed by atoms with Gasteiger partial charge in [-0.3, -0.25) is 9.69 Å². The molecule has 3 saturated heterocycles. The van der Waals surface area contributed by atoms with Crippen molar-refractivity contribution in [2.45, 2.75) is 38.6 Å². The number of halogens is 2. The van der Waals surface area contributed by atoms with Gasteiger partial charge in [0.1, 0.15) is 0 Å². The fourth-order valence-corrected chi connectivity index (χ4v) is 6.14. The minimum atomic E-state index is 0.120. The molecular formula is C19H21Cl2NOS. The zero-order valence-corrected chi connectivity index (χ0v) is 16.3. The normalized spacial score (nSPS) is 28.4. The molecule has 3 aliphatic rings. The van der Waals surface area contributed by atoms with Crippen molar-refractivity contribution in [3.05, 3.63) is 33.1 Å². The van der Waals surface area contributed by atoms with Crippen LogP contribution in [0, 0.1) is 11.8 Å². The Labute approximate surface area is 156 Å². The van der Waals surface area contributed by atoms with E-state index in [4.69, 9.17) is 23.2 Å². The van der Waals surface area contributed by atoms with E-state index in [1.54, 1.807) is 6.07 Å². The van der Waals surface area contributed by atoms with Gasteiger partial charge in [-0.1, -0.05) is 29.3 Å². The van der Waals surface area contributed by atoms with E-state index in [0.29, 0.717) is 28.3 Å². The molecule has 1 atom stereocenters. The standard InChI is InChI=1S/C19H21Cl2NOS/c1-19(2)13(11-5-7-22(19)8-6-11)10-15(23)16-9-12-3-4-14(20)17(21)18(12)24-16/h3-4,9,11,13H,5-8,10H2,1-2H3/t13-/m1/s1. The molecule has 1 aromatic carbocycles. The molecule has 0 radical (unpaired) electrons. The van der Waals surface area contributed by atoms with E-state index in [9.17, 15) is 4.79 Å². The lowest BCUT2D eigenvalue weighted by atomic mass is 9.65. The Morgan fingerprint density at radius 3 is 2.67 bits per heavy atom. The number of rotatable bonds is 3. The molecule has 0 spiro atoms. The van der Waals surface area contributed by atoms with Gasteiger partial charge in [0.2, 0.25) is 0 Å². The average molecular weight is 382 g/mol. The minimum Gasteiger partial charge on any atom is -0.298 e. The van der Waals surface area contributed by atoms with Crippen molar-refractivity contribution in [2.24, 2.45) is 11.8 Å². The monoisotopic (exact) mass is 381 g/mol. The molecule has 2 bridgehead atoms. The maximum atomic E-state index is 13.0. The number of hydrogen-bond acceptors (Lipinski definition) is 3. The number of piperidine rings is 3. The van der Waals surface area contributed by atoms with E-state index in [-0.39, 0.29) is 11.3 Å². The summed E-state index contributed by atoms with van der Waals surface area (Å²) in [6.07, 6.45) is 3.09. The first-order chi connectivity index (χ1) is 11.4. The number of carbonyl (C=O) groups is 1. The van der Waals surface area contributed by atoms with Crippen molar-refractivity contribution in [1.29, 1.82) is 0 Å². The molecule has 5 rings (SSSR count). The summed E-state index contributed by atoms with van der Waals surface area (Å²) in [6.45, 7) is 6.97. The zero-order chi connectivity index (χ0) is 17.1. The van der Waals surface area contributed by atoms with Crippen molar-refractivity contribution in [2.75, 3.05) is 13.1 Å². The first-order valence-corrected chi connectivity index (χ1v) is 10.1. The number of ketones is 1. The maximum absolute atomic E-state index is 13.0. The van der Waals surface area contributed by atoms with Crippen LogP contribution in [0.4, 0.5) is 0 Å². The highest BCUT2D eigenvalue weighted by Crippen LogP contribution is 2.46. The quantitative estimate of drug-likeness (QED) is 0.616. The van der Waals surface area contributed by atoms with Gasteiger partial charge in [0.05, 0.1) is 19.6 Å². The largest absolute Gasteiger partial charge is 0.298 e. The summed E-state index contributed by atoms with van der Waals surface area (Å²) in [6, 6.07) is 5.71. The third-order valence-corrected chi connectivity index (χ3v) is 8.22. The number of thiophene rings is 1. The van der Waals surface area contributed by atoms with Crippen LogP contribution in [0.1, 0.15) is 42.8 Å². The number of carbonyl (C=O) groups excluding carboxylic acids is 1. The molecule has 0 N–H and O–H groups in total. The third-order valence-electron chi connectivity index (χ3n) is 6.09. The lowest BCUT2D eigenvalue weighted by molar-refractivity contribution is -0.0643. The van der Waals surface area contributed by atoms with Gasteiger partial charge in [0, 0.05) is 12.0 Å². The van der Waals surface area contributed by atoms with Crippen LogP contribution in [0.3, 0.4) is 0 Å². The van der Waals surface area contributed by atoms with Gasteiger partial charge in [-0.25, -0.2) is 0 Å². The van der Waals surface area contributed by atoms with E-state index in [2.05, 4.69) is 18.7 Å². The Balaban J connectivity index is 1.61. The van der Waals surface area contributed by atoms with Crippen LogP contribution in [0.15, 0.2) is 18.2 Å². The molecule has 0 aliphatic carbocycles. The smallest absolute Gasteiger partial charge is 0.173 e. The van der Waals surface area contributed by atoms with Crippen LogP contribution in [-0.4, -0.2) is 29.3 Å². The first kappa shape index (κ1) is 16.8. The van der Waals surface area contributed by atoms with Crippen molar-refractivity contribution >= 4 is 50.4 Å². The predicted molar refractivity (Wildman–Crippen MR) is 103 cm³/mol. The van der Waals surface area contributed by atoms with Gasteiger partial charge in [0.15, 0.2) is 5.78 Å². The summed E-state index contributed by atoms with van der Waals surface area (Å²) in [4.78, 5) is 16.3. The predicted octanol–water partition coefficient (Wildman–Crippen LogP) is 5.90. The minimum absolute atomic E-state index is 0.120. The lowest BCUT2D eigenvalue weighted by Crippen LogP contribution is -2.61. The topological polar surface area (TPSA) is 20.3 Å². The highest BCUT2D eigenvalue weighted by Gasteiger charge is 2.47. The lowest BCUT2D eigenvalue weighted by Gasteiger charge is -2.56. The molecule has 5 heteroatoms. The molecule has 24 heavy (non-hydrogen) atoms. The van der Waals surface area contributed by atoms with Crippen LogP contribution >= 0.6 is 34.5 Å². The molecule has 2 nitrogen and oxygen atoms in total. The molecule has 0 unspecified atom stereocenters. The fraction of sp³-hybridized carbons (Fsp3) is 0.526. The second kappa shape index (κ2) is 5.98. The highest BCUT2D eigenvalue weighted by atomic mass is 35.5. The highest BCUT2D eigenvalue weighted by molar-refractivity contribution is 7.21. The van der Waals surface area contributed by atoms with Crippen LogP contribution in [0.2, 0.25) is 10.0 Å².